The number of ether oxygens (including phenoxy) is 1. The smallest absolute Gasteiger partial charge is 0.382 e. The van der Waals surface area contributed by atoms with Crippen molar-refractivity contribution < 1.29 is 22.7 Å². The van der Waals surface area contributed by atoms with Crippen LogP contribution in [0.25, 0.3) is 0 Å². The average molecular weight is 533 g/mol. The molecule has 10 heteroatoms. The van der Waals surface area contributed by atoms with Gasteiger partial charge in [0.15, 0.2) is 0 Å². The molecule has 1 heterocycles. The summed E-state index contributed by atoms with van der Waals surface area (Å²) in [6.45, 7) is 9.33. The number of halogens is 3. The van der Waals surface area contributed by atoms with Crippen LogP contribution in [0.5, 0.6) is 0 Å². The first-order valence-electron chi connectivity index (χ1n) is 13.1. The minimum atomic E-state index is -4.65. The van der Waals surface area contributed by atoms with E-state index in [0.29, 0.717) is 44.5 Å². The van der Waals surface area contributed by atoms with Crippen LogP contribution >= 0.6 is 0 Å². The number of benzene rings is 2. The summed E-state index contributed by atoms with van der Waals surface area (Å²) in [6.07, 6.45) is -1.85. The van der Waals surface area contributed by atoms with Crippen LogP contribution in [0.4, 0.5) is 30.2 Å². The number of anilines is 2. The van der Waals surface area contributed by atoms with Crippen molar-refractivity contribution in [2.45, 2.75) is 64.8 Å². The highest BCUT2D eigenvalue weighted by atomic mass is 19.4. The van der Waals surface area contributed by atoms with Gasteiger partial charge in [-0.1, -0.05) is 6.07 Å². The summed E-state index contributed by atoms with van der Waals surface area (Å²) in [4.78, 5) is 27.7. The highest BCUT2D eigenvalue weighted by Crippen LogP contribution is 2.38. The van der Waals surface area contributed by atoms with Crippen molar-refractivity contribution in [3.05, 3.63) is 57.5 Å². The maximum Gasteiger partial charge on any atom is 0.418 e. The first kappa shape index (κ1) is 27.9. The zero-order valence-electron chi connectivity index (χ0n) is 22.1. The Morgan fingerprint density at radius 1 is 1.00 bits per heavy atom. The molecule has 0 spiro atoms. The van der Waals surface area contributed by atoms with Gasteiger partial charge in [-0.3, -0.25) is 4.79 Å². The van der Waals surface area contributed by atoms with Gasteiger partial charge in [0.25, 0.3) is 0 Å². The van der Waals surface area contributed by atoms with E-state index in [0.717, 1.165) is 25.2 Å². The van der Waals surface area contributed by atoms with E-state index in [2.05, 4.69) is 48.3 Å². The van der Waals surface area contributed by atoms with Crippen molar-refractivity contribution in [3.8, 4) is 0 Å². The fourth-order valence-electron chi connectivity index (χ4n) is 5.30. The number of nitrogens with one attached hydrogen (secondary N) is 1. The molecule has 0 radical (unpaired) electrons. The van der Waals surface area contributed by atoms with Gasteiger partial charge >= 0.3 is 6.18 Å². The molecule has 206 valence electrons. The normalized spacial score (nSPS) is 20.4. The van der Waals surface area contributed by atoms with E-state index in [4.69, 9.17) is 4.74 Å². The molecule has 2 fully saturated rings. The Morgan fingerprint density at radius 3 is 2.32 bits per heavy atom. The number of aryl methyl sites for hydroxylation is 1. The van der Waals surface area contributed by atoms with Crippen molar-refractivity contribution in [3.63, 3.8) is 0 Å². The van der Waals surface area contributed by atoms with E-state index >= 15 is 0 Å². The van der Waals surface area contributed by atoms with Gasteiger partial charge in [-0.2, -0.15) is 13.2 Å². The second-order valence-electron chi connectivity index (χ2n) is 10.3. The Kier molecular flexibility index (Phi) is 8.60. The number of rotatable bonds is 7. The van der Waals surface area contributed by atoms with E-state index in [1.807, 2.05) is 4.90 Å². The summed E-state index contributed by atoms with van der Waals surface area (Å²) in [7, 11) is 0. The van der Waals surface area contributed by atoms with Crippen molar-refractivity contribution in [2.24, 2.45) is 5.18 Å². The third-order valence-corrected chi connectivity index (χ3v) is 7.89. The number of carbonyl (C=O) groups is 1. The number of hydrogen-bond acceptors (Lipinski definition) is 6. The Hall–Kier alpha value is -3.14. The monoisotopic (exact) mass is 532 g/mol. The maximum absolute atomic E-state index is 13.2. The van der Waals surface area contributed by atoms with E-state index in [1.54, 1.807) is 0 Å². The molecular formula is C28H35F3N4O3. The lowest BCUT2D eigenvalue weighted by molar-refractivity contribution is -0.139. The third-order valence-electron chi connectivity index (χ3n) is 7.89. The Bertz CT molecular complexity index is 1150. The number of hydrogen-bond donors (Lipinski definition) is 1. The lowest BCUT2D eigenvalue weighted by Crippen LogP contribution is -2.50. The zero-order valence-corrected chi connectivity index (χ0v) is 22.1. The number of carbonyl (C=O) groups excluding carboxylic acids is 1. The predicted molar refractivity (Wildman–Crippen MR) is 142 cm³/mol. The first-order chi connectivity index (χ1) is 18.1. The van der Waals surface area contributed by atoms with Gasteiger partial charge in [0, 0.05) is 43.6 Å². The standard InChI is InChI=1S/C28H35F3N4O3/c1-18-4-11-26(20(3)19(18)2)34-12-14-35(15-13-34)27(36)17-38-23-8-5-21(6-9-23)32-22-7-10-25(33-37)24(16-22)28(29,30)31/h4,7,10-11,16,21,23,32H,5-6,8-9,12-15,17H2,1-3H3. The number of amides is 1. The summed E-state index contributed by atoms with van der Waals surface area (Å²) in [5, 5.41) is 5.61. The fraction of sp³-hybridized carbons (Fsp3) is 0.536. The van der Waals surface area contributed by atoms with Crippen LogP contribution in [-0.4, -0.2) is 55.7 Å². The van der Waals surface area contributed by atoms with Crippen LogP contribution in [0.3, 0.4) is 0 Å². The molecule has 4 rings (SSSR count). The topological polar surface area (TPSA) is 74.2 Å². The summed E-state index contributed by atoms with van der Waals surface area (Å²) in [5.41, 5.74) is 3.74. The van der Waals surface area contributed by atoms with Crippen LogP contribution < -0.4 is 10.2 Å². The molecular weight excluding hydrogens is 497 g/mol. The molecule has 38 heavy (non-hydrogen) atoms. The van der Waals surface area contributed by atoms with Crippen LogP contribution in [-0.2, 0) is 15.7 Å². The quantitative estimate of drug-likeness (QED) is 0.435. The summed E-state index contributed by atoms with van der Waals surface area (Å²) in [6, 6.07) is 7.75. The minimum Gasteiger partial charge on any atom is -0.382 e. The summed E-state index contributed by atoms with van der Waals surface area (Å²) < 4.78 is 45.5. The molecule has 1 saturated heterocycles. The molecule has 0 unspecified atom stereocenters. The summed E-state index contributed by atoms with van der Waals surface area (Å²) >= 11 is 0. The SMILES string of the molecule is Cc1ccc(N2CCN(C(=O)COC3CCC(Nc4ccc(N=O)c(C(F)(F)F)c4)CC3)CC2)c(C)c1C. The zero-order chi connectivity index (χ0) is 27.4. The van der Waals surface area contributed by atoms with Gasteiger partial charge < -0.3 is 19.9 Å². The highest BCUT2D eigenvalue weighted by molar-refractivity contribution is 5.78. The first-order valence-corrected chi connectivity index (χ1v) is 13.1. The lowest BCUT2D eigenvalue weighted by atomic mass is 9.92. The molecule has 2 aliphatic rings. The molecule has 1 amide bonds. The molecule has 1 aliphatic carbocycles. The number of alkyl halides is 3. The molecule has 7 nitrogen and oxygen atoms in total. The van der Waals surface area contributed by atoms with Gasteiger partial charge in [-0.25, -0.2) is 0 Å². The molecule has 2 aromatic rings. The highest BCUT2D eigenvalue weighted by Gasteiger charge is 2.35. The van der Waals surface area contributed by atoms with Crippen LogP contribution in [0.2, 0.25) is 0 Å². The van der Waals surface area contributed by atoms with Gasteiger partial charge in [0.2, 0.25) is 5.91 Å². The lowest BCUT2D eigenvalue weighted by Gasteiger charge is -2.37. The number of piperazine rings is 1. The van der Waals surface area contributed by atoms with Gasteiger partial charge in [0.1, 0.15) is 12.3 Å². The molecule has 1 aliphatic heterocycles. The predicted octanol–water partition coefficient (Wildman–Crippen LogP) is 6.12. The molecule has 1 saturated carbocycles. The van der Waals surface area contributed by atoms with Crippen molar-refractivity contribution in [1.82, 2.24) is 4.90 Å². The Morgan fingerprint density at radius 2 is 1.68 bits per heavy atom. The van der Waals surface area contributed by atoms with Crippen LogP contribution in [0, 0.1) is 25.7 Å². The van der Waals surface area contributed by atoms with E-state index in [-0.39, 0.29) is 24.7 Å². The van der Waals surface area contributed by atoms with E-state index < -0.39 is 17.4 Å². The second-order valence-corrected chi connectivity index (χ2v) is 10.3. The van der Waals surface area contributed by atoms with E-state index in [1.165, 1.54) is 28.4 Å². The van der Waals surface area contributed by atoms with Crippen LogP contribution in [0.15, 0.2) is 35.5 Å². The van der Waals surface area contributed by atoms with Crippen molar-refractivity contribution in [2.75, 3.05) is 43.0 Å². The number of nitroso groups, excluding NO2 is 1. The molecule has 0 aromatic heterocycles. The van der Waals surface area contributed by atoms with E-state index in [9.17, 15) is 22.9 Å². The summed E-state index contributed by atoms with van der Waals surface area (Å²) in [5.74, 6) is -0.00901. The molecule has 2 aromatic carbocycles. The average Bonchev–Trinajstić information content (AvgIpc) is 2.91. The van der Waals surface area contributed by atoms with Crippen LogP contribution in [0.1, 0.15) is 47.9 Å². The maximum atomic E-state index is 13.2. The van der Waals surface area contributed by atoms with Gasteiger partial charge in [0.05, 0.1) is 11.7 Å². The second kappa shape index (κ2) is 11.7. The van der Waals surface area contributed by atoms with Gasteiger partial charge in [-0.15, -0.1) is 4.91 Å². The third kappa shape index (κ3) is 6.46. The van der Waals surface area contributed by atoms with Gasteiger partial charge in [-0.05, 0) is 92.6 Å². The van der Waals surface area contributed by atoms with Crippen molar-refractivity contribution >= 4 is 23.0 Å². The Labute approximate surface area is 221 Å². The molecule has 0 atom stereocenters. The molecule has 1 N–H and O–H groups in total. The molecule has 0 bridgehead atoms. The largest absolute Gasteiger partial charge is 0.418 e. The number of nitrogens with zero attached hydrogens (tertiary/aromatic N) is 3. The minimum absolute atomic E-state index is 0.00901. The Balaban J connectivity index is 1.20. The van der Waals surface area contributed by atoms with Crippen molar-refractivity contribution in [1.29, 1.82) is 0 Å². The fourth-order valence-corrected chi connectivity index (χ4v) is 5.30.